The number of hydrogen-bond donors (Lipinski definition) is 1. The van der Waals surface area contributed by atoms with Crippen molar-refractivity contribution in [2.75, 3.05) is 26.9 Å². The lowest BCUT2D eigenvalue weighted by molar-refractivity contribution is 0.171. The zero-order valence-electron chi connectivity index (χ0n) is 12.7. The van der Waals surface area contributed by atoms with Crippen molar-refractivity contribution in [3.8, 4) is 17.4 Å². The molecule has 0 amide bonds. The molecule has 5 heteroatoms. The summed E-state index contributed by atoms with van der Waals surface area (Å²) in [5.74, 6) is 2.33. The molecule has 0 saturated carbocycles. The van der Waals surface area contributed by atoms with Gasteiger partial charge in [-0.2, -0.15) is 0 Å². The Bertz CT molecular complexity index is 631. The van der Waals surface area contributed by atoms with Gasteiger partial charge in [-0.25, -0.2) is 4.98 Å². The zero-order chi connectivity index (χ0) is 15.2. The topological polar surface area (TPSA) is 52.6 Å². The SMILES string of the molecule is COc1cccc(CNCCc2ccc3c(c2)OCCO3)n1. The summed E-state index contributed by atoms with van der Waals surface area (Å²) >= 11 is 0. The summed E-state index contributed by atoms with van der Waals surface area (Å²) in [7, 11) is 1.63. The lowest BCUT2D eigenvalue weighted by Gasteiger charge is -2.18. The number of fused-ring (bicyclic) bond motifs is 1. The maximum atomic E-state index is 5.60. The standard InChI is InChI=1S/C17H20N2O3/c1-20-17-4-2-3-14(19-17)12-18-8-7-13-5-6-15-16(11-13)22-10-9-21-15/h2-6,11,18H,7-10,12H2,1H3. The van der Waals surface area contributed by atoms with Crippen molar-refractivity contribution in [2.24, 2.45) is 0 Å². The summed E-state index contributed by atoms with van der Waals surface area (Å²) in [6.45, 7) is 2.85. The minimum absolute atomic E-state index is 0.621. The van der Waals surface area contributed by atoms with Crippen molar-refractivity contribution in [3.63, 3.8) is 0 Å². The monoisotopic (exact) mass is 300 g/mol. The molecule has 22 heavy (non-hydrogen) atoms. The van der Waals surface area contributed by atoms with E-state index in [1.54, 1.807) is 7.11 Å². The summed E-state index contributed by atoms with van der Waals surface area (Å²) < 4.78 is 16.2. The molecule has 0 atom stereocenters. The Labute approximate surface area is 130 Å². The molecule has 0 aliphatic carbocycles. The van der Waals surface area contributed by atoms with Gasteiger partial charge >= 0.3 is 0 Å². The van der Waals surface area contributed by atoms with Crippen LogP contribution in [-0.4, -0.2) is 31.9 Å². The average molecular weight is 300 g/mol. The fourth-order valence-corrected chi connectivity index (χ4v) is 2.36. The maximum absolute atomic E-state index is 5.60. The molecule has 0 fully saturated rings. The van der Waals surface area contributed by atoms with E-state index in [1.807, 2.05) is 24.3 Å². The molecule has 0 radical (unpaired) electrons. The third kappa shape index (κ3) is 3.68. The van der Waals surface area contributed by atoms with Gasteiger partial charge in [-0.05, 0) is 36.7 Å². The Kier molecular flexibility index (Phi) is 4.75. The van der Waals surface area contributed by atoms with Crippen molar-refractivity contribution in [1.29, 1.82) is 0 Å². The van der Waals surface area contributed by atoms with E-state index in [4.69, 9.17) is 14.2 Å². The molecule has 5 nitrogen and oxygen atoms in total. The number of nitrogens with one attached hydrogen (secondary N) is 1. The summed E-state index contributed by atoms with van der Waals surface area (Å²) in [4.78, 5) is 4.37. The molecular weight excluding hydrogens is 280 g/mol. The minimum atomic E-state index is 0.621. The Balaban J connectivity index is 1.48. The van der Waals surface area contributed by atoms with Crippen LogP contribution in [0.5, 0.6) is 17.4 Å². The molecule has 0 bridgehead atoms. The van der Waals surface area contributed by atoms with E-state index in [9.17, 15) is 0 Å². The predicted molar refractivity (Wildman–Crippen MR) is 83.6 cm³/mol. The van der Waals surface area contributed by atoms with E-state index in [0.29, 0.717) is 19.1 Å². The number of rotatable bonds is 6. The summed E-state index contributed by atoms with van der Waals surface area (Å²) in [5, 5.41) is 3.39. The second kappa shape index (κ2) is 7.13. The van der Waals surface area contributed by atoms with Crippen LogP contribution in [0.25, 0.3) is 0 Å². The van der Waals surface area contributed by atoms with Gasteiger partial charge in [0.2, 0.25) is 5.88 Å². The van der Waals surface area contributed by atoms with Crippen LogP contribution >= 0.6 is 0 Å². The van der Waals surface area contributed by atoms with Gasteiger partial charge in [0.1, 0.15) is 13.2 Å². The van der Waals surface area contributed by atoms with E-state index in [-0.39, 0.29) is 0 Å². The van der Waals surface area contributed by atoms with E-state index in [2.05, 4.69) is 22.4 Å². The fourth-order valence-electron chi connectivity index (χ4n) is 2.36. The highest BCUT2D eigenvalue weighted by atomic mass is 16.6. The third-order valence-electron chi connectivity index (χ3n) is 3.49. The lowest BCUT2D eigenvalue weighted by Crippen LogP contribution is -2.18. The quantitative estimate of drug-likeness (QED) is 0.829. The molecule has 0 saturated heterocycles. The van der Waals surface area contributed by atoms with Crippen LogP contribution < -0.4 is 19.5 Å². The minimum Gasteiger partial charge on any atom is -0.486 e. The first kappa shape index (κ1) is 14.7. The van der Waals surface area contributed by atoms with Crippen LogP contribution in [0.3, 0.4) is 0 Å². The molecule has 1 aliphatic heterocycles. The molecule has 116 valence electrons. The fraction of sp³-hybridized carbons (Fsp3) is 0.353. The van der Waals surface area contributed by atoms with Crippen LogP contribution in [0.4, 0.5) is 0 Å². The van der Waals surface area contributed by atoms with Crippen LogP contribution in [-0.2, 0) is 13.0 Å². The second-order valence-corrected chi connectivity index (χ2v) is 5.08. The van der Waals surface area contributed by atoms with E-state index < -0.39 is 0 Å². The van der Waals surface area contributed by atoms with Crippen molar-refractivity contribution in [3.05, 3.63) is 47.7 Å². The molecule has 1 N–H and O–H groups in total. The first-order valence-electron chi connectivity index (χ1n) is 7.44. The van der Waals surface area contributed by atoms with Gasteiger partial charge in [-0.3, -0.25) is 0 Å². The van der Waals surface area contributed by atoms with Gasteiger partial charge in [0.05, 0.1) is 12.8 Å². The van der Waals surface area contributed by atoms with E-state index >= 15 is 0 Å². The molecule has 1 aliphatic rings. The molecule has 0 spiro atoms. The number of hydrogen-bond acceptors (Lipinski definition) is 5. The number of pyridine rings is 1. The Hall–Kier alpha value is -2.27. The van der Waals surface area contributed by atoms with Crippen LogP contribution in [0.15, 0.2) is 36.4 Å². The predicted octanol–water partition coefficient (Wildman–Crippen LogP) is 2.19. The Morgan fingerprint density at radius 1 is 1.14 bits per heavy atom. The van der Waals surface area contributed by atoms with Gasteiger partial charge in [0, 0.05) is 12.6 Å². The van der Waals surface area contributed by atoms with Crippen LogP contribution in [0.2, 0.25) is 0 Å². The molecule has 3 rings (SSSR count). The largest absolute Gasteiger partial charge is 0.486 e. The Morgan fingerprint density at radius 3 is 2.86 bits per heavy atom. The number of aromatic nitrogens is 1. The van der Waals surface area contributed by atoms with Crippen LogP contribution in [0, 0.1) is 0 Å². The zero-order valence-corrected chi connectivity index (χ0v) is 12.7. The Morgan fingerprint density at radius 2 is 2.00 bits per heavy atom. The lowest BCUT2D eigenvalue weighted by atomic mass is 10.1. The van der Waals surface area contributed by atoms with Crippen molar-refractivity contribution in [2.45, 2.75) is 13.0 Å². The number of methoxy groups -OCH3 is 1. The number of nitrogens with zero attached hydrogens (tertiary/aromatic N) is 1. The van der Waals surface area contributed by atoms with Crippen molar-refractivity contribution >= 4 is 0 Å². The first-order chi connectivity index (χ1) is 10.8. The smallest absolute Gasteiger partial charge is 0.213 e. The molecule has 2 heterocycles. The molecule has 0 unspecified atom stereocenters. The highest BCUT2D eigenvalue weighted by molar-refractivity contribution is 5.43. The molecular formula is C17H20N2O3. The molecule has 2 aromatic rings. The van der Waals surface area contributed by atoms with E-state index in [0.717, 1.165) is 36.7 Å². The summed E-state index contributed by atoms with van der Waals surface area (Å²) in [5.41, 5.74) is 2.21. The molecule has 1 aromatic heterocycles. The van der Waals surface area contributed by atoms with E-state index in [1.165, 1.54) is 5.56 Å². The molecule has 1 aromatic carbocycles. The average Bonchev–Trinajstić information content (AvgIpc) is 2.59. The van der Waals surface area contributed by atoms with Gasteiger partial charge in [-0.15, -0.1) is 0 Å². The first-order valence-corrected chi connectivity index (χ1v) is 7.44. The van der Waals surface area contributed by atoms with Crippen LogP contribution in [0.1, 0.15) is 11.3 Å². The van der Waals surface area contributed by atoms with Gasteiger partial charge in [-0.1, -0.05) is 12.1 Å². The number of ether oxygens (including phenoxy) is 3. The third-order valence-corrected chi connectivity index (χ3v) is 3.49. The highest BCUT2D eigenvalue weighted by Gasteiger charge is 2.11. The van der Waals surface area contributed by atoms with Crippen molar-refractivity contribution < 1.29 is 14.2 Å². The van der Waals surface area contributed by atoms with Gasteiger partial charge in [0.25, 0.3) is 0 Å². The van der Waals surface area contributed by atoms with Crippen molar-refractivity contribution in [1.82, 2.24) is 10.3 Å². The second-order valence-electron chi connectivity index (χ2n) is 5.08. The van der Waals surface area contributed by atoms with Gasteiger partial charge < -0.3 is 19.5 Å². The number of benzene rings is 1. The summed E-state index contributed by atoms with van der Waals surface area (Å²) in [6, 6.07) is 11.9. The normalized spacial score (nSPS) is 13.0. The summed E-state index contributed by atoms with van der Waals surface area (Å²) in [6.07, 6.45) is 0.931. The highest BCUT2D eigenvalue weighted by Crippen LogP contribution is 2.30. The maximum Gasteiger partial charge on any atom is 0.213 e. The van der Waals surface area contributed by atoms with Gasteiger partial charge in [0.15, 0.2) is 11.5 Å².